The zero-order chi connectivity index (χ0) is 3.41. The molecule has 3 nitrogen and oxygen atoms in total. The molecule has 0 amide bonds. The molecule has 0 saturated carbocycles. The van der Waals surface area contributed by atoms with Gasteiger partial charge in [0.25, 0.3) is 0 Å². The van der Waals surface area contributed by atoms with Crippen molar-refractivity contribution in [3.8, 4) is 0 Å². The van der Waals surface area contributed by atoms with Gasteiger partial charge in [-0.15, -0.1) is 5.16 Å². The van der Waals surface area contributed by atoms with E-state index in [-0.39, 0.29) is 6.15 Å². The van der Waals surface area contributed by atoms with Gasteiger partial charge in [-0.1, -0.05) is 0 Å². The highest BCUT2D eigenvalue weighted by Gasteiger charge is 1.34. The molecule has 5 heavy (non-hydrogen) atoms. The second-order valence-corrected chi connectivity index (χ2v) is 0.374. The standard InChI is InChI=1S/C2H5NO.N/c1-2-3-4;/h2,4H,1H3;. The average Bonchev–Trinajstić information content (AvgIpc) is 1.37. The maximum absolute atomic E-state index is 7.44. The number of rotatable bonds is 0. The van der Waals surface area contributed by atoms with Gasteiger partial charge in [0.1, 0.15) is 0 Å². The van der Waals surface area contributed by atoms with Crippen molar-refractivity contribution in [2.24, 2.45) is 5.16 Å². The van der Waals surface area contributed by atoms with Gasteiger partial charge in [-0.25, -0.2) is 0 Å². The normalized spacial score (nSPS) is 7.40. The number of oxime groups is 1. The lowest BCUT2D eigenvalue weighted by Gasteiger charge is -1.54. The number of nitrogens with zero attached hydrogens (tertiary/aromatic N) is 2. The zero-order valence-electron chi connectivity index (χ0n) is 2.92. The van der Waals surface area contributed by atoms with E-state index in [4.69, 9.17) is 5.21 Å². The summed E-state index contributed by atoms with van der Waals surface area (Å²) in [5.74, 6) is 0. The third-order valence-corrected chi connectivity index (χ3v) is 0.115. The SMILES string of the molecule is CC=NO.[N]. The Morgan fingerprint density at radius 2 is 2.00 bits per heavy atom. The summed E-state index contributed by atoms with van der Waals surface area (Å²) in [6, 6.07) is 0. The fourth-order valence-electron chi connectivity index (χ4n) is 0. The Labute approximate surface area is 30.9 Å². The molecule has 1 N–H and O–H groups in total. The van der Waals surface area contributed by atoms with Crippen molar-refractivity contribution in [1.29, 1.82) is 0 Å². The van der Waals surface area contributed by atoms with E-state index >= 15 is 0 Å². The molecular formula is C2H5N2O. The van der Waals surface area contributed by atoms with Crippen molar-refractivity contribution in [2.75, 3.05) is 0 Å². The van der Waals surface area contributed by atoms with Crippen LogP contribution in [-0.4, -0.2) is 11.4 Å². The highest BCUT2D eigenvalue weighted by molar-refractivity contribution is 5.51. The van der Waals surface area contributed by atoms with E-state index in [0.717, 1.165) is 0 Å². The van der Waals surface area contributed by atoms with Crippen molar-refractivity contribution in [1.82, 2.24) is 6.15 Å². The maximum Gasteiger partial charge on any atom is 0.0404 e. The first kappa shape index (κ1) is 8.83. The topological polar surface area (TPSA) is 63.1 Å². The van der Waals surface area contributed by atoms with Gasteiger partial charge in [-0.2, -0.15) is 0 Å². The minimum absolute atomic E-state index is 0. The molecule has 0 fully saturated rings. The van der Waals surface area contributed by atoms with Crippen LogP contribution in [-0.2, 0) is 0 Å². The van der Waals surface area contributed by atoms with Crippen LogP contribution in [0.2, 0.25) is 0 Å². The predicted molar refractivity (Wildman–Crippen MR) is 18.1 cm³/mol. The molecule has 0 aromatic rings. The van der Waals surface area contributed by atoms with Gasteiger partial charge < -0.3 is 5.21 Å². The fourth-order valence-corrected chi connectivity index (χ4v) is 0. The summed E-state index contributed by atoms with van der Waals surface area (Å²) in [6.07, 6.45) is 1.31. The fraction of sp³-hybridized carbons (Fsp3) is 0.500. The number of hydrogen-bond donors (Lipinski definition) is 1. The average molecular weight is 73.1 g/mol. The van der Waals surface area contributed by atoms with Crippen molar-refractivity contribution >= 4 is 6.21 Å². The first-order valence-electron chi connectivity index (χ1n) is 1.04. The van der Waals surface area contributed by atoms with Gasteiger partial charge in [0.05, 0.1) is 0 Å². The Balaban J connectivity index is 0. The van der Waals surface area contributed by atoms with E-state index in [9.17, 15) is 0 Å². The maximum atomic E-state index is 7.44. The third-order valence-electron chi connectivity index (χ3n) is 0.115. The van der Waals surface area contributed by atoms with Gasteiger partial charge in [0.15, 0.2) is 0 Å². The molecule has 0 aliphatic carbocycles. The predicted octanol–water partition coefficient (Wildman–Crippen LogP) is -0.0143. The van der Waals surface area contributed by atoms with Gasteiger partial charge in [-0.05, 0) is 6.92 Å². The van der Waals surface area contributed by atoms with E-state index in [1.54, 1.807) is 6.92 Å². The molecule has 0 bridgehead atoms. The molecule has 0 atom stereocenters. The van der Waals surface area contributed by atoms with Crippen LogP contribution in [0.25, 0.3) is 0 Å². The van der Waals surface area contributed by atoms with Crippen molar-refractivity contribution in [3.63, 3.8) is 0 Å². The van der Waals surface area contributed by atoms with Crippen LogP contribution in [0.1, 0.15) is 6.92 Å². The zero-order valence-corrected chi connectivity index (χ0v) is 2.92. The van der Waals surface area contributed by atoms with Crippen LogP contribution in [0.15, 0.2) is 5.16 Å². The molecule has 3 heteroatoms. The number of hydrogen-bond acceptors (Lipinski definition) is 2. The monoisotopic (exact) mass is 73.0 g/mol. The Morgan fingerprint density at radius 3 is 2.00 bits per heavy atom. The minimum atomic E-state index is 0. The lowest BCUT2D eigenvalue weighted by Crippen LogP contribution is -1.49. The van der Waals surface area contributed by atoms with Crippen LogP contribution < -0.4 is 6.15 Å². The molecule has 3 radical (unpaired) electrons. The molecule has 0 saturated heterocycles. The first-order valence-corrected chi connectivity index (χ1v) is 1.04. The van der Waals surface area contributed by atoms with Gasteiger partial charge >= 0.3 is 0 Å². The molecule has 0 aromatic carbocycles. The molecule has 0 rings (SSSR count). The Bertz CT molecular complexity index is 22.8. The highest BCUT2D eigenvalue weighted by Crippen LogP contribution is 1.38. The summed E-state index contributed by atoms with van der Waals surface area (Å²) in [5, 5.41) is 10.1. The minimum Gasteiger partial charge on any atom is -0.411 e. The summed E-state index contributed by atoms with van der Waals surface area (Å²) in [5.41, 5.74) is 0. The molecule has 29 valence electrons. The van der Waals surface area contributed by atoms with E-state index in [1.807, 2.05) is 0 Å². The molecule has 0 aromatic heterocycles. The summed E-state index contributed by atoms with van der Waals surface area (Å²) in [7, 11) is 0. The first-order chi connectivity index (χ1) is 1.91. The van der Waals surface area contributed by atoms with Crippen LogP contribution in [0.3, 0.4) is 0 Å². The summed E-state index contributed by atoms with van der Waals surface area (Å²) in [4.78, 5) is 0. The summed E-state index contributed by atoms with van der Waals surface area (Å²) in [6.45, 7) is 1.64. The quantitative estimate of drug-likeness (QED) is 0.244. The van der Waals surface area contributed by atoms with Crippen molar-refractivity contribution in [2.45, 2.75) is 6.92 Å². The Morgan fingerprint density at radius 1 is 1.80 bits per heavy atom. The molecule has 0 heterocycles. The van der Waals surface area contributed by atoms with E-state index < -0.39 is 0 Å². The molecule has 0 spiro atoms. The van der Waals surface area contributed by atoms with E-state index in [2.05, 4.69) is 5.16 Å². The summed E-state index contributed by atoms with van der Waals surface area (Å²) >= 11 is 0. The van der Waals surface area contributed by atoms with Crippen LogP contribution >= 0.6 is 0 Å². The van der Waals surface area contributed by atoms with Crippen LogP contribution in [0.4, 0.5) is 0 Å². The molecule has 0 unspecified atom stereocenters. The largest absolute Gasteiger partial charge is 0.411 e. The molecular weight excluding hydrogens is 68.0 g/mol. The molecule has 0 aliphatic rings. The van der Waals surface area contributed by atoms with Crippen LogP contribution in [0.5, 0.6) is 0 Å². The lowest BCUT2D eigenvalue weighted by atomic mass is 10.9. The van der Waals surface area contributed by atoms with Crippen molar-refractivity contribution in [3.05, 3.63) is 0 Å². The van der Waals surface area contributed by atoms with Gasteiger partial charge in [0.2, 0.25) is 0 Å². The third kappa shape index (κ3) is 37.9. The second-order valence-electron chi connectivity index (χ2n) is 0.374. The Kier molecular flexibility index (Phi) is 17.5. The van der Waals surface area contributed by atoms with Crippen molar-refractivity contribution < 1.29 is 5.21 Å². The highest BCUT2D eigenvalue weighted by atomic mass is 16.4. The van der Waals surface area contributed by atoms with E-state index in [1.165, 1.54) is 6.21 Å². The molecule has 0 aliphatic heterocycles. The van der Waals surface area contributed by atoms with E-state index in [0.29, 0.717) is 0 Å². The van der Waals surface area contributed by atoms with Gasteiger partial charge in [0, 0.05) is 12.4 Å². The van der Waals surface area contributed by atoms with Gasteiger partial charge in [-0.3, -0.25) is 0 Å². The lowest BCUT2D eigenvalue weighted by molar-refractivity contribution is 0.321. The smallest absolute Gasteiger partial charge is 0.0404 e. The second kappa shape index (κ2) is 9.90. The summed E-state index contributed by atoms with van der Waals surface area (Å²) < 4.78 is 0. The Hall–Kier alpha value is -0.570. The van der Waals surface area contributed by atoms with Crippen LogP contribution in [0, 0.1) is 0 Å².